The summed E-state index contributed by atoms with van der Waals surface area (Å²) in [4.78, 5) is 0. The first-order valence-corrected chi connectivity index (χ1v) is 6.85. The SMILES string of the molecule is COC(=Cc1ccccc1)[Si](C)C. The Hall–Kier alpha value is -1.02. The second-order valence-electron chi connectivity index (χ2n) is 3.12. The largest absolute Gasteiger partial charge is 0.506 e. The van der Waals surface area contributed by atoms with Gasteiger partial charge in [0.2, 0.25) is 0 Å². The number of rotatable bonds is 3. The summed E-state index contributed by atoms with van der Waals surface area (Å²) < 4.78 is 5.32. The zero-order valence-corrected chi connectivity index (χ0v) is 9.37. The topological polar surface area (TPSA) is 9.23 Å². The van der Waals surface area contributed by atoms with Crippen LogP contribution in [0, 0.1) is 0 Å². The molecule has 13 heavy (non-hydrogen) atoms. The number of hydrogen-bond acceptors (Lipinski definition) is 1. The molecule has 0 saturated heterocycles. The Kier molecular flexibility index (Phi) is 3.77. The van der Waals surface area contributed by atoms with E-state index in [9.17, 15) is 0 Å². The Morgan fingerprint density at radius 2 is 1.85 bits per heavy atom. The van der Waals surface area contributed by atoms with Crippen LogP contribution in [0.3, 0.4) is 0 Å². The van der Waals surface area contributed by atoms with Crippen LogP contribution in [0.25, 0.3) is 6.08 Å². The fraction of sp³-hybridized carbons (Fsp3) is 0.273. The average molecular weight is 191 g/mol. The molecule has 0 aliphatic heterocycles. The predicted molar refractivity (Wildman–Crippen MR) is 58.9 cm³/mol. The molecule has 0 amide bonds. The van der Waals surface area contributed by atoms with Crippen molar-refractivity contribution in [2.24, 2.45) is 0 Å². The third kappa shape index (κ3) is 3.07. The smallest absolute Gasteiger partial charge is 0.127 e. The van der Waals surface area contributed by atoms with Gasteiger partial charge in [-0.05, 0) is 11.6 Å². The molecule has 0 aliphatic carbocycles. The summed E-state index contributed by atoms with van der Waals surface area (Å²) in [6.45, 7) is 4.45. The molecule has 0 fully saturated rings. The van der Waals surface area contributed by atoms with Gasteiger partial charge in [-0.3, -0.25) is 0 Å². The number of benzene rings is 1. The predicted octanol–water partition coefficient (Wildman–Crippen LogP) is 2.97. The summed E-state index contributed by atoms with van der Waals surface area (Å²) in [5, 5.41) is 1.12. The summed E-state index contributed by atoms with van der Waals surface area (Å²) in [5.74, 6) is 0. The molecular formula is C11H15OSi. The first kappa shape index (κ1) is 10.1. The molecule has 0 atom stereocenters. The van der Waals surface area contributed by atoms with Crippen LogP contribution in [0.1, 0.15) is 5.56 Å². The second-order valence-corrected chi connectivity index (χ2v) is 5.62. The van der Waals surface area contributed by atoms with Gasteiger partial charge < -0.3 is 4.74 Å². The highest BCUT2D eigenvalue weighted by Crippen LogP contribution is 2.09. The first-order valence-electron chi connectivity index (χ1n) is 4.35. The summed E-state index contributed by atoms with van der Waals surface area (Å²) >= 11 is 0. The second kappa shape index (κ2) is 4.87. The van der Waals surface area contributed by atoms with Crippen LogP contribution in [-0.2, 0) is 4.74 Å². The molecule has 1 rings (SSSR count). The molecule has 0 spiro atoms. The Labute approximate surface area is 81.7 Å². The van der Waals surface area contributed by atoms with Crippen molar-refractivity contribution < 1.29 is 4.74 Å². The highest BCUT2D eigenvalue weighted by molar-refractivity contribution is 6.64. The number of ether oxygens (including phenoxy) is 1. The lowest BCUT2D eigenvalue weighted by Crippen LogP contribution is -2.07. The molecular weight excluding hydrogens is 176 g/mol. The molecule has 0 N–H and O–H groups in total. The molecule has 69 valence electrons. The van der Waals surface area contributed by atoms with Crippen LogP contribution in [0.15, 0.2) is 35.7 Å². The van der Waals surface area contributed by atoms with E-state index in [2.05, 4.69) is 31.3 Å². The van der Waals surface area contributed by atoms with Gasteiger partial charge >= 0.3 is 0 Å². The summed E-state index contributed by atoms with van der Waals surface area (Å²) in [6.07, 6.45) is 2.12. The van der Waals surface area contributed by atoms with Crippen molar-refractivity contribution in [3.8, 4) is 0 Å². The van der Waals surface area contributed by atoms with Gasteiger partial charge in [0, 0.05) is 0 Å². The van der Waals surface area contributed by atoms with Gasteiger partial charge in [-0.2, -0.15) is 0 Å². The standard InChI is InChI=1S/C11H15OSi/c1-12-11(13(2)3)9-10-7-5-4-6-8-10/h4-9H,1-3H3. The van der Waals surface area contributed by atoms with Gasteiger partial charge in [-0.25, -0.2) is 0 Å². The van der Waals surface area contributed by atoms with Gasteiger partial charge in [0.15, 0.2) is 0 Å². The molecule has 0 heterocycles. The van der Waals surface area contributed by atoms with E-state index in [1.165, 1.54) is 5.56 Å². The fourth-order valence-electron chi connectivity index (χ4n) is 1.11. The molecule has 2 heteroatoms. The van der Waals surface area contributed by atoms with E-state index in [-0.39, 0.29) is 0 Å². The monoisotopic (exact) mass is 191 g/mol. The van der Waals surface area contributed by atoms with Crippen molar-refractivity contribution in [2.45, 2.75) is 13.1 Å². The molecule has 1 radical (unpaired) electrons. The quantitative estimate of drug-likeness (QED) is 0.527. The van der Waals surface area contributed by atoms with Crippen molar-refractivity contribution in [3.05, 3.63) is 41.3 Å². The first-order chi connectivity index (χ1) is 6.24. The maximum absolute atomic E-state index is 5.32. The highest BCUT2D eigenvalue weighted by Gasteiger charge is 2.03. The molecule has 0 saturated carbocycles. The molecule has 1 aromatic rings. The number of methoxy groups -OCH3 is 1. The molecule has 1 aromatic carbocycles. The Balaban J connectivity index is 2.85. The number of hydrogen-bond donors (Lipinski definition) is 0. The minimum atomic E-state index is -0.483. The fourth-order valence-corrected chi connectivity index (χ4v) is 1.97. The maximum atomic E-state index is 5.32. The molecule has 0 unspecified atom stereocenters. The maximum Gasteiger partial charge on any atom is 0.127 e. The lowest BCUT2D eigenvalue weighted by molar-refractivity contribution is 0.321. The van der Waals surface area contributed by atoms with E-state index in [0.29, 0.717) is 0 Å². The van der Waals surface area contributed by atoms with E-state index in [1.54, 1.807) is 7.11 Å². The Bertz CT molecular complexity index is 277. The van der Waals surface area contributed by atoms with Crippen LogP contribution in [0.4, 0.5) is 0 Å². The van der Waals surface area contributed by atoms with Gasteiger partial charge in [-0.15, -0.1) is 0 Å². The Morgan fingerprint density at radius 3 is 2.31 bits per heavy atom. The van der Waals surface area contributed by atoms with Crippen molar-refractivity contribution in [3.63, 3.8) is 0 Å². The lowest BCUT2D eigenvalue weighted by atomic mass is 10.2. The molecule has 0 aromatic heterocycles. The third-order valence-electron chi connectivity index (χ3n) is 1.81. The molecule has 1 nitrogen and oxygen atoms in total. The Morgan fingerprint density at radius 1 is 1.23 bits per heavy atom. The van der Waals surface area contributed by atoms with Gasteiger partial charge in [0.1, 0.15) is 8.80 Å². The highest BCUT2D eigenvalue weighted by atomic mass is 28.3. The van der Waals surface area contributed by atoms with Gasteiger partial charge in [-0.1, -0.05) is 43.4 Å². The van der Waals surface area contributed by atoms with Crippen LogP contribution < -0.4 is 0 Å². The van der Waals surface area contributed by atoms with Crippen molar-refractivity contribution in [2.75, 3.05) is 7.11 Å². The van der Waals surface area contributed by atoms with Crippen LogP contribution >= 0.6 is 0 Å². The van der Waals surface area contributed by atoms with Crippen LogP contribution in [0.2, 0.25) is 13.1 Å². The van der Waals surface area contributed by atoms with Crippen molar-refractivity contribution in [1.29, 1.82) is 0 Å². The van der Waals surface area contributed by atoms with E-state index in [1.807, 2.05) is 18.2 Å². The normalized spacial score (nSPS) is 11.8. The zero-order chi connectivity index (χ0) is 9.68. The summed E-state index contributed by atoms with van der Waals surface area (Å²) in [6, 6.07) is 10.3. The van der Waals surface area contributed by atoms with Crippen molar-refractivity contribution >= 4 is 14.9 Å². The van der Waals surface area contributed by atoms with Crippen LogP contribution in [0.5, 0.6) is 0 Å². The van der Waals surface area contributed by atoms with E-state index in [0.717, 1.165) is 5.38 Å². The minimum Gasteiger partial charge on any atom is -0.506 e. The minimum absolute atomic E-state index is 0.483. The van der Waals surface area contributed by atoms with E-state index in [4.69, 9.17) is 4.74 Å². The van der Waals surface area contributed by atoms with Crippen LogP contribution in [-0.4, -0.2) is 15.9 Å². The summed E-state index contributed by atoms with van der Waals surface area (Å²) in [7, 11) is 1.26. The van der Waals surface area contributed by atoms with Crippen molar-refractivity contribution in [1.82, 2.24) is 0 Å². The van der Waals surface area contributed by atoms with E-state index >= 15 is 0 Å². The molecule has 0 bridgehead atoms. The third-order valence-corrected chi connectivity index (χ3v) is 3.14. The molecule has 0 aliphatic rings. The van der Waals surface area contributed by atoms with E-state index < -0.39 is 8.80 Å². The van der Waals surface area contributed by atoms with Gasteiger partial charge in [0.25, 0.3) is 0 Å². The zero-order valence-electron chi connectivity index (χ0n) is 8.37. The van der Waals surface area contributed by atoms with Gasteiger partial charge in [0.05, 0.1) is 12.5 Å². The lowest BCUT2D eigenvalue weighted by Gasteiger charge is -2.07. The summed E-state index contributed by atoms with van der Waals surface area (Å²) in [5.41, 5.74) is 1.21. The average Bonchev–Trinajstić information content (AvgIpc) is 2.15.